The molecular weight excluding hydrogens is 781 g/mol. The molecule has 0 fully saturated rings. The molecule has 0 aromatic heterocycles. The lowest BCUT2D eigenvalue weighted by molar-refractivity contribution is -0.135. The van der Waals surface area contributed by atoms with Crippen molar-refractivity contribution in [2.45, 2.75) is 206 Å². The maximum absolute atomic E-state index is 14.0. The highest BCUT2D eigenvalue weighted by molar-refractivity contribution is 5.96. The molecule has 17 nitrogen and oxygen atoms in total. The highest BCUT2D eigenvalue weighted by atomic mass is 16.3. The van der Waals surface area contributed by atoms with Crippen LogP contribution in [-0.4, -0.2) is 103 Å². The van der Waals surface area contributed by atoms with E-state index >= 15 is 0 Å². The SMILES string of the molecule is CCCCCCCCCCCCCCCC(=O)N[C@H](CCCCN)C(=O)N[C@@H](CCCCN)C(=O)N[C@@H](CC(C)C)C(=O)N[C@@H](CCCNC(=N)N)C(=O)N[C@@H](CO)C(C)=O. The quantitative estimate of drug-likeness (QED) is 0.0243. The number of rotatable bonds is 39. The number of amides is 5. The summed E-state index contributed by atoms with van der Waals surface area (Å²) in [5.41, 5.74) is 16.9. The van der Waals surface area contributed by atoms with E-state index in [-0.39, 0.29) is 43.6 Å². The molecule has 5 amide bonds. The minimum absolute atomic E-state index is 0.0677. The molecule has 0 aliphatic rings. The molecule has 0 aliphatic carbocycles. The van der Waals surface area contributed by atoms with Gasteiger partial charge in [-0.3, -0.25) is 34.2 Å². The molecule has 17 heteroatoms. The van der Waals surface area contributed by atoms with E-state index in [0.717, 1.165) is 25.7 Å². The van der Waals surface area contributed by atoms with E-state index in [9.17, 15) is 33.9 Å². The second-order valence-electron chi connectivity index (χ2n) is 16.8. The van der Waals surface area contributed by atoms with E-state index in [2.05, 4.69) is 38.8 Å². The summed E-state index contributed by atoms with van der Waals surface area (Å²) < 4.78 is 0. The van der Waals surface area contributed by atoms with Crippen molar-refractivity contribution in [3.63, 3.8) is 0 Å². The van der Waals surface area contributed by atoms with Gasteiger partial charge in [-0.25, -0.2) is 0 Å². The number of carbonyl (C=O) groups excluding carboxylic acids is 6. The second-order valence-corrected chi connectivity index (χ2v) is 16.8. The van der Waals surface area contributed by atoms with Crippen molar-refractivity contribution in [3.8, 4) is 0 Å². The number of carbonyl (C=O) groups is 6. The molecule has 0 aromatic carbocycles. The highest BCUT2D eigenvalue weighted by Gasteiger charge is 2.32. The molecule has 5 atom stereocenters. The van der Waals surface area contributed by atoms with Crippen LogP contribution in [0, 0.1) is 11.3 Å². The van der Waals surface area contributed by atoms with Gasteiger partial charge < -0.3 is 54.2 Å². The van der Waals surface area contributed by atoms with Crippen LogP contribution in [0.1, 0.15) is 175 Å². The molecule has 0 radical (unpaired) electrons. The van der Waals surface area contributed by atoms with E-state index < -0.39 is 66.2 Å². The van der Waals surface area contributed by atoms with Gasteiger partial charge in [0.1, 0.15) is 30.2 Å². The molecule has 0 aliphatic heterocycles. The van der Waals surface area contributed by atoms with Crippen molar-refractivity contribution in [2.75, 3.05) is 26.2 Å². The first-order valence-corrected chi connectivity index (χ1v) is 23.3. The highest BCUT2D eigenvalue weighted by Crippen LogP contribution is 2.14. The van der Waals surface area contributed by atoms with Crippen LogP contribution in [0.4, 0.5) is 0 Å². The molecule has 0 heterocycles. The van der Waals surface area contributed by atoms with Crippen LogP contribution < -0.4 is 49.1 Å². The maximum atomic E-state index is 14.0. The maximum Gasteiger partial charge on any atom is 0.243 e. The second kappa shape index (κ2) is 36.8. The van der Waals surface area contributed by atoms with Crippen LogP contribution in [0.15, 0.2) is 0 Å². The number of nitrogens with one attached hydrogen (secondary N) is 7. The fourth-order valence-corrected chi connectivity index (χ4v) is 6.96. The summed E-state index contributed by atoms with van der Waals surface area (Å²) in [5.74, 6) is -3.49. The van der Waals surface area contributed by atoms with E-state index in [1.807, 2.05) is 13.8 Å². The van der Waals surface area contributed by atoms with E-state index in [1.165, 1.54) is 64.7 Å². The third-order valence-corrected chi connectivity index (χ3v) is 10.6. The molecule has 0 bridgehead atoms. The van der Waals surface area contributed by atoms with Gasteiger partial charge in [0.05, 0.1) is 6.61 Å². The summed E-state index contributed by atoms with van der Waals surface area (Å²) in [4.78, 5) is 79.9. The van der Waals surface area contributed by atoms with Gasteiger partial charge in [0, 0.05) is 13.0 Å². The van der Waals surface area contributed by atoms with Crippen molar-refractivity contribution in [3.05, 3.63) is 0 Å². The Morgan fingerprint density at radius 3 is 1.34 bits per heavy atom. The Morgan fingerprint density at radius 1 is 0.541 bits per heavy atom. The zero-order valence-electron chi connectivity index (χ0n) is 38.2. The summed E-state index contributed by atoms with van der Waals surface area (Å²) in [6.45, 7) is 7.61. The summed E-state index contributed by atoms with van der Waals surface area (Å²) in [6, 6.07) is -5.36. The number of nitrogens with two attached hydrogens (primary N) is 3. The van der Waals surface area contributed by atoms with E-state index in [4.69, 9.17) is 22.6 Å². The largest absolute Gasteiger partial charge is 0.394 e. The van der Waals surface area contributed by atoms with Crippen molar-refractivity contribution in [1.82, 2.24) is 31.9 Å². The van der Waals surface area contributed by atoms with Crippen LogP contribution in [0.3, 0.4) is 0 Å². The molecule has 0 aromatic rings. The smallest absolute Gasteiger partial charge is 0.243 e. The zero-order chi connectivity index (χ0) is 45.8. The molecule has 0 saturated carbocycles. The Balaban J connectivity index is 5.71. The van der Waals surface area contributed by atoms with Gasteiger partial charge in [-0.15, -0.1) is 0 Å². The number of Topliss-reactive ketones (excluding diaryl/α,β-unsaturated/α-hetero) is 1. The number of guanidine groups is 1. The van der Waals surface area contributed by atoms with E-state index in [1.54, 1.807) is 0 Å². The molecule has 0 spiro atoms. The lowest BCUT2D eigenvalue weighted by atomic mass is 10.0. The number of aliphatic hydroxyl groups is 1. The Morgan fingerprint density at radius 2 is 0.934 bits per heavy atom. The number of unbranched alkanes of at least 4 members (excludes halogenated alkanes) is 14. The fraction of sp³-hybridized carbons (Fsp3) is 0.841. The number of ketones is 1. The third-order valence-electron chi connectivity index (χ3n) is 10.6. The van der Waals surface area contributed by atoms with Crippen LogP contribution in [-0.2, 0) is 28.8 Å². The first-order valence-electron chi connectivity index (χ1n) is 23.3. The molecule has 0 unspecified atom stereocenters. The van der Waals surface area contributed by atoms with Crippen molar-refractivity contribution in [2.24, 2.45) is 23.1 Å². The first-order chi connectivity index (χ1) is 29.2. The third kappa shape index (κ3) is 30.0. The lowest BCUT2D eigenvalue weighted by Crippen LogP contribution is -2.59. The summed E-state index contributed by atoms with van der Waals surface area (Å²) in [7, 11) is 0. The first kappa shape index (κ1) is 57.2. The standard InChI is InChI=1S/C44H86N10O7/c1-5-6-7-8-9-10-11-12-13-14-15-16-17-26-39(57)50-34(23-18-20-27-45)40(58)51-35(24-19-21-28-46)41(59)53-37(30-32(2)3)43(61)52-36(25-22-29-49-44(47)48)42(60)54-38(31-55)33(4)56/h32,34-38,55H,5-31,45-46H2,1-4H3,(H,50,57)(H,51,58)(H,52,61)(H,53,59)(H,54,60)(H4,47,48,49)/t34-,35+,36+,37+,38+/m1/s1. The van der Waals surface area contributed by atoms with Gasteiger partial charge >= 0.3 is 0 Å². The van der Waals surface area contributed by atoms with Crippen LogP contribution >= 0.6 is 0 Å². The average Bonchev–Trinajstić information content (AvgIpc) is 3.21. The molecule has 14 N–H and O–H groups in total. The molecule has 61 heavy (non-hydrogen) atoms. The van der Waals surface area contributed by atoms with Gasteiger partial charge in [-0.05, 0) is 90.1 Å². The Hall–Kier alpha value is -3.83. The minimum atomic E-state index is -1.17. The van der Waals surface area contributed by atoms with Gasteiger partial charge in [-0.1, -0.05) is 97.8 Å². The Bertz CT molecular complexity index is 1250. The summed E-state index contributed by atoms with van der Waals surface area (Å²) in [6.07, 6.45) is 19.4. The van der Waals surface area contributed by atoms with Crippen molar-refractivity contribution >= 4 is 41.3 Å². The molecule has 0 rings (SSSR count). The van der Waals surface area contributed by atoms with E-state index in [0.29, 0.717) is 58.0 Å². The van der Waals surface area contributed by atoms with Gasteiger partial charge in [-0.2, -0.15) is 0 Å². The monoisotopic (exact) mass is 867 g/mol. The van der Waals surface area contributed by atoms with Crippen LogP contribution in [0.2, 0.25) is 0 Å². The van der Waals surface area contributed by atoms with Gasteiger partial charge in [0.2, 0.25) is 29.5 Å². The number of aliphatic hydroxyl groups excluding tert-OH is 1. The predicted octanol–water partition coefficient (Wildman–Crippen LogP) is 3.04. The average molecular weight is 867 g/mol. The van der Waals surface area contributed by atoms with Crippen molar-refractivity contribution in [1.29, 1.82) is 5.41 Å². The number of hydrogen-bond donors (Lipinski definition) is 11. The normalized spacial score (nSPS) is 13.6. The van der Waals surface area contributed by atoms with Gasteiger partial charge in [0.25, 0.3) is 0 Å². The summed E-state index contributed by atoms with van der Waals surface area (Å²) in [5, 5.41) is 33.3. The van der Waals surface area contributed by atoms with Crippen molar-refractivity contribution < 1.29 is 33.9 Å². The number of hydrogen-bond acceptors (Lipinski definition) is 10. The zero-order valence-corrected chi connectivity index (χ0v) is 38.2. The van der Waals surface area contributed by atoms with Crippen LogP contribution in [0.25, 0.3) is 0 Å². The molecule has 354 valence electrons. The summed E-state index contributed by atoms with van der Waals surface area (Å²) >= 11 is 0. The lowest BCUT2D eigenvalue weighted by Gasteiger charge is -2.28. The molecular formula is C44H86N10O7. The predicted molar refractivity (Wildman–Crippen MR) is 242 cm³/mol. The van der Waals surface area contributed by atoms with Gasteiger partial charge in [0.15, 0.2) is 11.7 Å². The Labute approximate surface area is 366 Å². The fourth-order valence-electron chi connectivity index (χ4n) is 6.96. The molecule has 0 saturated heterocycles. The Kier molecular flexibility index (Phi) is 34.5. The van der Waals surface area contributed by atoms with Crippen LogP contribution in [0.5, 0.6) is 0 Å². The minimum Gasteiger partial charge on any atom is -0.394 e. The topological polar surface area (TPSA) is 297 Å².